The molecule has 0 aromatic heterocycles. The predicted molar refractivity (Wildman–Crippen MR) is 84.9 cm³/mol. The molecule has 0 aliphatic heterocycles. The predicted octanol–water partition coefficient (Wildman–Crippen LogP) is 2.22. The van der Waals surface area contributed by atoms with Gasteiger partial charge in [0, 0.05) is 18.5 Å². The summed E-state index contributed by atoms with van der Waals surface area (Å²) < 4.78 is 0. The Kier molecular flexibility index (Phi) is 5.44. The fourth-order valence-corrected chi connectivity index (χ4v) is 2.25. The second-order valence-electron chi connectivity index (χ2n) is 5.16. The van der Waals surface area contributed by atoms with E-state index in [1.807, 2.05) is 30.3 Å². The Labute approximate surface area is 129 Å². The molecule has 0 bridgehead atoms. The summed E-state index contributed by atoms with van der Waals surface area (Å²) >= 11 is 0. The molecular weight excluding hydrogens is 278 g/mol. The Morgan fingerprint density at radius 3 is 2.23 bits per heavy atom. The van der Waals surface area contributed by atoms with E-state index in [-0.39, 0.29) is 18.2 Å². The van der Waals surface area contributed by atoms with Gasteiger partial charge in [-0.15, -0.1) is 0 Å². The maximum absolute atomic E-state index is 12.2. The molecule has 0 saturated heterocycles. The highest BCUT2D eigenvalue weighted by Gasteiger charge is 2.14. The molecule has 0 aliphatic carbocycles. The summed E-state index contributed by atoms with van der Waals surface area (Å²) in [6, 6.07) is 16.2. The number of hydrogen-bond donors (Lipinski definition) is 2. The van der Waals surface area contributed by atoms with Crippen LogP contribution in [-0.2, 0) is 6.42 Å². The summed E-state index contributed by atoms with van der Waals surface area (Å²) in [5, 5.41) is 12.7. The molecule has 0 spiro atoms. The Morgan fingerprint density at radius 2 is 1.59 bits per heavy atom. The van der Waals surface area contributed by atoms with Crippen LogP contribution in [0.15, 0.2) is 54.6 Å². The fraction of sp³-hybridized carbons (Fsp3) is 0.222. The third-order valence-corrected chi connectivity index (χ3v) is 3.36. The van der Waals surface area contributed by atoms with Crippen LogP contribution in [0.25, 0.3) is 0 Å². The number of ketones is 1. The van der Waals surface area contributed by atoms with Crippen molar-refractivity contribution in [1.29, 1.82) is 0 Å². The SMILES string of the molecule is CC(=O)c1ccccc1C(=O)NC[C@H](O)Cc1ccccc1. The van der Waals surface area contributed by atoms with Gasteiger partial charge in [-0.1, -0.05) is 48.5 Å². The Bertz CT molecular complexity index is 652. The molecule has 2 N–H and O–H groups in total. The monoisotopic (exact) mass is 297 g/mol. The lowest BCUT2D eigenvalue weighted by atomic mass is 10.0. The van der Waals surface area contributed by atoms with Crippen LogP contribution < -0.4 is 5.32 Å². The number of aliphatic hydroxyl groups is 1. The molecule has 2 aromatic rings. The molecule has 22 heavy (non-hydrogen) atoms. The summed E-state index contributed by atoms with van der Waals surface area (Å²) in [7, 11) is 0. The van der Waals surface area contributed by atoms with Crippen LogP contribution in [0.3, 0.4) is 0 Å². The van der Waals surface area contributed by atoms with Crippen LogP contribution in [-0.4, -0.2) is 29.4 Å². The summed E-state index contributed by atoms with van der Waals surface area (Å²) in [6.45, 7) is 1.57. The normalized spacial score (nSPS) is 11.7. The molecule has 0 radical (unpaired) electrons. The van der Waals surface area contributed by atoms with Crippen molar-refractivity contribution in [2.75, 3.05) is 6.54 Å². The van der Waals surface area contributed by atoms with Gasteiger partial charge < -0.3 is 10.4 Å². The van der Waals surface area contributed by atoms with Gasteiger partial charge >= 0.3 is 0 Å². The van der Waals surface area contributed by atoms with Crippen LogP contribution in [0.4, 0.5) is 0 Å². The third-order valence-electron chi connectivity index (χ3n) is 3.36. The lowest BCUT2D eigenvalue weighted by Crippen LogP contribution is -2.33. The van der Waals surface area contributed by atoms with E-state index in [0.29, 0.717) is 17.5 Å². The number of carbonyl (C=O) groups is 2. The summed E-state index contributed by atoms with van der Waals surface area (Å²) in [5.74, 6) is -0.506. The standard InChI is InChI=1S/C18H19NO3/c1-13(20)16-9-5-6-10-17(16)18(22)19-12-15(21)11-14-7-3-2-4-8-14/h2-10,15,21H,11-12H2,1H3,(H,19,22)/t15-/m1/s1. The third kappa shape index (κ3) is 4.27. The smallest absolute Gasteiger partial charge is 0.252 e. The highest BCUT2D eigenvalue weighted by atomic mass is 16.3. The maximum Gasteiger partial charge on any atom is 0.252 e. The van der Waals surface area contributed by atoms with Crippen LogP contribution in [0, 0.1) is 0 Å². The Morgan fingerprint density at radius 1 is 1.00 bits per heavy atom. The Balaban J connectivity index is 1.94. The molecule has 0 fully saturated rings. The molecule has 2 rings (SSSR count). The van der Waals surface area contributed by atoms with Crippen molar-refractivity contribution in [3.8, 4) is 0 Å². The average Bonchev–Trinajstić information content (AvgIpc) is 2.53. The van der Waals surface area contributed by atoms with E-state index in [1.165, 1.54) is 6.92 Å². The maximum atomic E-state index is 12.2. The number of carbonyl (C=O) groups excluding carboxylic acids is 2. The van der Waals surface area contributed by atoms with Gasteiger partial charge in [0.2, 0.25) is 0 Å². The quantitative estimate of drug-likeness (QED) is 0.803. The largest absolute Gasteiger partial charge is 0.391 e. The van der Waals surface area contributed by atoms with Gasteiger partial charge in [-0.2, -0.15) is 0 Å². The van der Waals surface area contributed by atoms with Crippen molar-refractivity contribution >= 4 is 11.7 Å². The average molecular weight is 297 g/mol. The van der Waals surface area contributed by atoms with E-state index in [9.17, 15) is 14.7 Å². The number of benzene rings is 2. The van der Waals surface area contributed by atoms with E-state index in [4.69, 9.17) is 0 Å². The number of hydrogen-bond acceptors (Lipinski definition) is 3. The van der Waals surface area contributed by atoms with E-state index >= 15 is 0 Å². The van der Waals surface area contributed by atoms with Crippen LogP contribution >= 0.6 is 0 Å². The molecule has 1 atom stereocenters. The molecule has 114 valence electrons. The van der Waals surface area contributed by atoms with Gasteiger partial charge in [0.15, 0.2) is 5.78 Å². The summed E-state index contributed by atoms with van der Waals surface area (Å²) in [4.78, 5) is 23.7. The van der Waals surface area contributed by atoms with Crippen LogP contribution in [0.1, 0.15) is 33.2 Å². The molecular formula is C18H19NO3. The number of Topliss-reactive ketones (excluding diaryl/α,β-unsaturated/α-hetero) is 1. The summed E-state index contributed by atoms with van der Waals surface area (Å²) in [6.07, 6.45) is -0.203. The van der Waals surface area contributed by atoms with E-state index < -0.39 is 6.10 Å². The van der Waals surface area contributed by atoms with Gasteiger partial charge in [-0.05, 0) is 18.6 Å². The molecule has 0 saturated carbocycles. The first-order chi connectivity index (χ1) is 10.6. The lowest BCUT2D eigenvalue weighted by molar-refractivity contribution is 0.0906. The zero-order valence-electron chi connectivity index (χ0n) is 12.5. The van der Waals surface area contributed by atoms with Crippen molar-refractivity contribution in [3.05, 3.63) is 71.3 Å². The number of nitrogens with one attached hydrogen (secondary N) is 1. The van der Waals surface area contributed by atoms with Crippen molar-refractivity contribution < 1.29 is 14.7 Å². The van der Waals surface area contributed by atoms with E-state index in [1.54, 1.807) is 24.3 Å². The van der Waals surface area contributed by atoms with E-state index in [2.05, 4.69) is 5.32 Å². The molecule has 1 amide bonds. The zero-order chi connectivity index (χ0) is 15.9. The van der Waals surface area contributed by atoms with Crippen molar-refractivity contribution in [1.82, 2.24) is 5.32 Å². The molecule has 4 heteroatoms. The second-order valence-corrected chi connectivity index (χ2v) is 5.16. The molecule has 0 heterocycles. The van der Waals surface area contributed by atoms with Gasteiger partial charge in [0.25, 0.3) is 5.91 Å². The number of amides is 1. The van der Waals surface area contributed by atoms with E-state index in [0.717, 1.165) is 5.56 Å². The first-order valence-corrected chi connectivity index (χ1v) is 7.18. The van der Waals surface area contributed by atoms with Crippen molar-refractivity contribution in [2.45, 2.75) is 19.4 Å². The minimum absolute atomic E-state index is 0.139. The lowest BCUT2D eigenvalue weighted by Gasteiger charge is -2.13. The zero-order valence-corrected chi connectivity index (χ0v) is 12.5. The van der Waals surface area contributed by atoms with Gasteiger partial charge in [-0.3, -0.25) is 9.59 Å². The Hall–Kier alpha value is -2.46. The molecule has 0 unspecified atom stereocenters. The highest BCUT2D eigenvalue weighted by molar-refractivity contribution is 6.07. The topological polar surface area (TPSA) is 66.4 Å². The second kappa shape index (κ2) is 7.52. The minimum atomic E-state index is -0.671. The van der Waals surface area contributed by atoms with Gasteiger partial charge in [0.05, 0.1) is 11.7 Å². The first kappa shape index (κ1) is 15.9. The molecule has 2 aromatic carbocycles. The highest BCUT2D eigenvalue weighted by Crippen LogP contribution is 2.09. The van der Waals surface area contributed by atoms with Crippen molar-refractivity contribution in [3.63, 3.8) is 0 Å². The minimum Gasteiger partial charge on any atom is -0.391 e. The number of aliphatic hydroxyl groups excluding tert-OH is 1. The fourth-order valence-electron chi connectivity index (χ4n) is 2.25. The first-order valence-electron chi connectivity index (χ1n) is 7.18. The molecule has 0 aliphatic rings. The summed E-state index contributed by atoms with van der Waals surface area (Å²) in [5.41, 5.74) is 1.73. The molecule has 4 nitrogen and oxygen atoms in total. The van der Waals surface area contributed by atoms with Crippen LogP contribution in [0.2, 0.25) is 0 Å². The van der Waals surface area contributed by atoms with Crippen molar-refractivity contribution in [2.24, 2.45) is 0 Å². The van der Waals surface area contributed by atoms with Gasteiger partial charge in [0.1, 0.15) is 0 Å². The van der Waals surface area contributed by atoms with Crippen LogP contribution in [0.5, 0.6) is 0 Å². The van der Waals surface area contributed by atoms with Gasteiger partial charge in [-0.25, -0.2) is 0 Å². The number of rotatable bonds is 6.